The Morgan fingerprint density at radius 2 is 1.76 bits per heavy atom. The third-order valence-corrected chi connectivity index (χ3v) is 4.15. The van der Waals surface area contributed by atoms with Gasteiger partial charge in [0, 0.05) is 41.0 Å². The van der Waals surface area contributed by atoms with Gasteiger partial charge in [-0.1, -0.05) is 36.4 Å². The van der Waals surface area contributed by atoms with Gasteiger partial charge in [0.2, 0.25) is 5.60 Å². The fraction of sp³-hybridized carbons (Fsp3) is 0.118. The predicted octanol–water partition coefficient (Wildman–Crippen LogP) is 3.01. The van der Waals surface area contributed by atoms with Crippen LogP contribution >= 0.6 is 0 Å². The molecule has 1 unspecified atom stereocenters. The van der Waals surface area contributed by atoms with Gasteiger partial charge in [0.05, 0.1) is 0 Å². The molecule has 0 spiro atoms. The lowest BCUT2D eigenvalue weighted by Gasteiger charge is -2.25. The fourth-order valence-electron chi connectivity index (χ4n) is 3.17. The standard InChI is InChI=1S/C17H14N2O2/c1-21-17(12-7-3-5-9-15(12)19-16(17)20)13-10-18-14-8-4-2-6-11(13)14/h2-10,18H,1H3,(H,19,20). The second-order valence-electron chi connectivity index (χ2n) is 5.13. The van der Waals surface area contributed by atoms with Gasteiger partial charge in [-0.05, 0) is 12.1 Å². The predicted molar refractivity (Wildman–Crippen MR) is 81.2 cm³/mol. The minimum Gasteiger partial charge on any atom is -0.361 e. The van der Waals surface area contributed by atoms with Crippen molar-refractivity contribution in [2.45, 2.75) is 5.60 Å². The monoisotopic (exact) mass is 278 g/mol. The Hall–Kier alpha value is -2.59. The molecular weight excluding hydrogens is 264 g/mol. The van der Waals surface area contributed by atoms with Gasteiger partial charge in [-0.15, -0.1) is 0 Å². The molecule has 4 nitrogen and oxygen atoms in total. The molecule has 4 rings (SSSR count). The average Bonchev–Trinajstić information content (AvgIpc) is 3.06. The van der Waals surface area contributed by atoms with Crippen LogP contribution in [0, 0.1) is 0 Å². The molecule has 4 heteroatoms. The summed E-state index contributed by atoms with van der Waals surface area (Å²) >= 11 is 0. The Morgan fingerprint density at radius 3 is 2.62 bits per heavy atom. The minimum atomic E-state index is -1.10. The number of ether oxygens (including phenoxy) is 1. The van der Waals surface area contributed by atoms with E-state index in [4.69, 9.17) is 4.74 Å². The Morgan fingerprint density at radius 1 is 1.00 bits per heavy atom. The van der Waals surface area contributed by atoms with Crippen LogP contribution in [0.15, 0.2) is 54.7 Å². The molecule has 2 aromatic carbocycles. The molecule has 1 aliphatic rings. The molecule has 2 heterocycles. The molecule has 0 aliphatic carbocycles. The summed E-state index contributed by atoms with van der Waals surface area (Å²) < 4.78 is 5.76. The van der Waals surface area contributed by atoms with Crippen molar-refractivity contribution in [1.29, 1.82) is 0 Å². The molecule has 104 valence electrons. The molecule has 0 fully saturated rings. The van der Waals surface area contributed by atoms with E-state index in [2.05, 4.69) is 10.3 Å². The number of amides is 1. The van der Waals surface area contributed by atoms with E-state index < -0.39 is 5.60 Å². The third-order valence-electron chi connectivity index (χ3n) is 4.15. The topological polar surface area (TPSA) is 54.1 Å². The van der Waals surface area contributed by atoms with Gasteiger partial charge >= 0.3 is 0 Å². The first kappa shape index (κ1) is 12.2. The molecule has 0 saturated carbocycles. The van der Waals surface area contributed by atoms with E-state index in [-0.39, 0.29) is 5.91 Å². The van der Waals surface area contributed by atoms with Gasteiger partial charge in [-0.3, -0.25) is 4.79 Å². The summed E-state index contributed by atoms with van der Waals surface area (Å²) in [5.74, 6) is -0.157. The van der Waals surface area contributed by atoms with Crippen molar-refractivity contribution in [2.24, 2.45) is 0 Å². The van der Waals surface area contributed by atoms with E-state index in [9.17, 15) is 4.79 Å². The summed E-state index contributed by atoms with van der Waals surface area (Å²) in [6.45, 7) is 0. The van der Waals surface area contributed by atoms with Crippen LogP contribution in [-0.4, -0.2) is 18.0 Å². The number of hydrogen-bond donors (Lipinski definition) is 2. The van der Waals surface area contributed by atoms with Crippen molar-refractivity contribution in [3.05, 3.63) is 65.9 Å². The highest BCUT2D eigenvalue weighted by molar-refractivity contribution is 6.09. The van der Waals surface area contributed by atoms with Crippen molar-refractivity contribution >= 4 is 22.5 Å². The molecule has 1 atom stereocenters. The lowest BCUT2D eigenvalue weighted by atomic mass is 9.87. The molecule has 0 bridgehead atoms. The Kier molecular flexibility index (Phi) is 2.43. The first-order valence-corrected chi connectivity index (χ1v) is 6.80. The third kappa shape index (κ3) is 1.45. The maximum Gasteiger partial charge on any atom is 0.266 e. The summed E-state index contributed by atoms with van der Waals surface area (Å²) in [4.78, 5) is 15.9. The van der Waals surface area contributed by atoms with Crippen LogP contribution in [0.2, 0.25) is 0 Å². The number of benzene rings is 2. The van der Waals surface area contributed by atoms with Crippen LogP contribution in [0.3, 0.4) is 0 Å². The van der Waals surface area contributed by atoms with Crippen LogP contribution in [0.25, 0.3) is 10.9 Å². The van der Waals surface area contributed by atoms with Crippen LogP contribution < -0.4 is 5.32 Å². The molecule has 21 heavy (non-hydrogen) atoms. The quantitative estimate of drug-likeness (QED) is 0.757. The number of aromatic amines is 1. The van der Waals surface area contributed by atoms with E-state index in [0.29, 0.717) is 0 Å². The highest BCUT2D eigenvalue weighted by atomic mass is 16.5. The average molecular weight is 278 g/mol. The number of para-hydroxylation sites is 2. The molecule has 1 aliphatic heterocycles. The maximum absolute atomic E-state index is 12.7. The second-order valence-corrected chi connectivity index (χ2v) is 5.13. The number of H-pyrrole nitrogens is 1. The maximum atomic E-state index is 12.7. The van der Waals surface area contributed by atoms with E-state index in [0.717, 1.165) is 27.7 Å². The molecule has 2 N–H and O–H groups in total. The number of aromatic nitrogens is 1. The number of hydrogen-bond acceptors (Lipinski definition) is 2. The molecule has 0 radical (unpaired) electrons. The van der Waals surface area contributed by atoms with Crippen LogP contribution in [0.1, 0.15) is 11.1 Å². The van der Waals surface area contributed by atoms with Gasteiger partial charge in [-0.25, -0.2) is 0 Å². The van der Waals surface area contributed by atoms with Gasteiger partial charge in [-0.2, -0.15) is 0 Å². The number of nitrogens with one attached hydrogen (secondary N) is 2. The molecule has 1 amide bonds. The Bertz CT molecular complexity index is 853. The van der Waals surface area contributed by atoms with E-state index >= 15 is 0 Å². The number of anilines is 1. The van der Waals surface area contributed by atoms with E-state index in [1.54, 1.807) is 7.11 Å². The zero-order valence-electron chi connectivity index (χ0n) is 11.5. The number of fused-ring (bicyclic) bond motifs is 2. The fourth-order valence-corrected chi connectivity index (χ4v) is 3.17. The lowest BCUT2D eigenvalue weighted by molar-refractivity contribution is -0.132. The summed E-state index contributed by atoms with van der Waals surface area (Å²) in [5.41, 5.74) is 2.37. The highest BCUT2D eigenvalue weighted by Crippen LogP contribution is 2.45. The minimum absolute atomic E-state index is 0.157. The summed E-state index contributed by atoms with van der Waals surface area (Å²) in [6, 6.07) is 15.5. The molecule has 3 aromatic rings. The number of carbonyl (C=O) groups excluding carboxylic acids is 1. The largest absolute Gasteiger partial charge is 0.361 e. The number of rotatable bonds is 2. The molecular formula is C17H14N2O2. The highest BCUT2D eigenvalue weighted by Gasteiger charge is 2.50. The number of carbonyl (C=O) groups is 1. The van der Waals surface area contributed by atoms with Crippen molar-refractivity contribution in [1.82, 2.24) is 4.98 Å². The molecule has 1 aromatic heterocycles. The Labute approximate surface area is 121 Å². The molecule has 0 saturated heterocycles. The van der Waals surface area contributed by atoms with Crippen molar-refractivity contribution in [3.63, 3.8) is 0 Å². The second kappa shape index (κ2) is 4.20. The van der Waals surface area contributed by atoms with Gasteiger partial charge in [0.25, 0.3) is 5.91 Å². The van der Waals surface area contributed by atoms with E-state index in [1.165, 1.54) is 0 Å². The van der Waals surface area contributed by atoms with Gasteiger partial charge < -0.3 is 15.0 Å². The first-order chi connectivity index (χ1) is 10.3. The summed E-state index contributed by atoms with van der Waals surface area (Å²) in [7, 11) is 1.57. The Balaban J connectivity index is 2.06. The van der Waals surface area contributed by atoms with Crippen molar-refractivity contribution in [3.8, 4) is 0 Å². The van der Waals surface area contributed by atoms with E-state index in [1.807, 2.05) is 54.7 Å². The number of methoxy groups -OCH3 is 1. The zero-order valence-corrected chi connectivity index (χ0v) is 11.5. The SMILES string of the molecule is COC1(c2c[nH]c3ccccc23)C(=O)Nc2ccccc21. The normalized spacial score (nSPS) is 20.5. The van der Waals surface area contributed by atoms with Crippen molar-refractivity contribution in [2.75, 3.05) is 12.4 Å². The van der Waals surface area contributed by atoms with Crippen LogP contribution in [0.4, 0.5) is 5.69 Å². The smallest absolute Gasteiger partial charge is 0.266 e. The van der Waals surface area contributed by atoms with Crippen LogP contribution in [-0.2, 0) is 15.1 Å². The summed E-state index contributed by atoms with van der Waals surface area (Å²) in [6.07, 6.45) is 1.86. The lowest BCUT2D eigenvalue weighted by Crippen LogP contribution is -2.37. The van der Waals surface area contributed by atoms with Gasteiger partial charge in [0.1, 0.15) is 0 Å². The van der Waals surface area contributed by atoms with Gasteiger partial charge in [0.15, 0.2) is 0 Å². The summed E-state index contributed by atoms with van der Waals surface area (Å²) in [5, 5.41) is 3.91. The first-order valence-electron chi connectivity index (χ1n) is 6.80. The van der Waals surface area contributed by atoms with Crippen LogP contribution in [0.5, 0.6) is 0 Å². The zero-order chi connectivity index (χ0) is 14.4. The van der Waals surface area contributed by atoms with Crippen molar-refractivity contribution < 1.29 is 9.53 Å².